The second-order valence-electron chi connectivity index (χ2n) is 9.08. The Morgan fingerprint density at radius 3 is 2.58 bits per heavy atom. The Bertz CT molecular complexity index is 1470. The van der Waals surface area contributed by atoms with Crippen molar-refractivity contribution >= 4 is 43.5 Å². The number of carbonyl (C=O) groups is 2. The van der Waals surface area contributed by atoms with Gasteiger partial charge in [0.25, 0.3) is 5.91 Å². The monoisotopic (exact) mass is 559 g/mol. The van der Waals surface area contributed by atoms with Crippen molar-refractivity contribution in [1.82, 2.24) is 8.87 Å². The fraction of sp³-hybridized carbons (Fsp3) is 0.444. The van der Waals surface area contributed by atoms with Gasteiger partial charge in [-0.3, -0.25) is 9.59 Å². The van der Waals surface area contributed by atoms with Gasteiger partial charge in [-0.1, -0.05) is 30.7 Å². The average Bonchev–Trinajstić information content (AvgIpc) is 3.53. The van der Waals surface area contributed by atoms with E-state index in [-0.39, 0.29) is 24.6 Å². The number of carbonyl (C=O) groups excluding carboxylic acids is 2. The summed E-state index contributed by atoms with van der Waals surface area (Å²) >= 11 is 1.31. The first kappa shape index (κ1) is 28.0. The number of hydrogen-bond donors (Lipinski definition) is 0. The SMILES string of the molecule is CCCCc1ccc2c(c1)sc(=NC(=O)C1CCCN1S(=O)(=O)c1ccc(OC)cc1)n2CC(=O)OCC. The number of methoxy groups -OCH3 is 1. The highest BCUT2D eigenvalue weighted by Gasteiger charge is 2.39. The molecule has 0 radical (unpaired) electrons. The molecule has 3 aromatic rings. The minimum atomic E-state index is -3.91. The van der Waals surface area contributed by atoms with Gasteiger partial charge in [0.05, 0.1) is 28.8 Å². The smallest absolute Gasteiger partial charge is 0.326 e. The normalized spacial score (nSPS) is 16.7. The summed E-state index contributed by atoms with van der Waals surface area (Å²) in [6, 6.07) is 11.2. The first-order chi connectivity index (χ1) is 18.3. The first-order valence-electron chi connectivity index (χ1n) is 12.8. The number of esters is 1. The van der Waals surface area contributed by atoms with E-state index in [1.807, 2.05) is 12.1 Å². The van der Waals surface area contributed by atoms with Gasteiger partial charge in [-0.15, -0.1) is 0 Å². The van der Waals surface area contributed by atoms with Crippen LogP contribution in [-0.4, -0.2) is 55.5 Å². The fourth-order valence-electron chi connectivity index (χ4n) is 4.55. The van der Waals surface area contributed by atoms with Crippen molar-refractivity contribution in [1.29, 1.82) is 0 Å². The maximum atomic E-state index is 13.4. The molecule has 204 valence electrons. The topological polar surface area (TPSA) is 107 Å². The predicted octanol–water partition coefficient (Wildman–Crippen LogP) is 3.90. The van der Waals surface area contributed by atoms with Crippen molar-refractivity contribution in [2.75, 3.05) is 20.3 Å². The lowest BCUT2D eigenvalue weighted by molar-refractivity contribution is -0.143. The van der Waals surface area contributed by atoms with Gasteiger partial charge >= 0.3 is 5.97 Å². The lowest BCUT2D eigenvalue weighted by Gasteiger charge is -2.21. The molecule has 0 N–H and O–H groups in total. The highest BCUT2D eigenvalue weighted by Crippen LogP contribution is 2.28. The summed E-state index contributed by atoms with van der Waals surface area (Å²) in [5.41, 5.74) is 1.96. The molecule has 4 rings (SSSR count). The Morgan fingerprint density at radius 1 is 1.13 bits per heavy atom. The van der Waals surface area contributed by atoms with Gasteiger partial charge in [-0.2, -0.15) is 9.30 Å². The molecular formula is C27H33N3O6S2. The number of sulfonamides is 1. The van der Waals surface area contributed by atoms with Crippen LogP contribution in [0.2, 0.25) is 0 Å². The number of ether oxygens (including phenoxy) is 2. The van der Waals surface area contributed by atoms with Crippen molar-refractivity contribution in [2.45, 2.75) is 63.4 Å². The zero-order chi connectivity index (χ0) is 27.3. The van der Waals surface area contributed by atoms with Crippen LogP contribution >= 0.6 is 11.3 Å². The average molecular weight is 560 g/mol. The van der Waals surface area contributed by atoms with E-state index < -0.39 is 27.9 Å². The maximum absolute atomic E-state index is 13.4. The third kappa shape index (κ3) is 6.00. The molecule has 0 spiro atoms. The summed E-state index contributed by atoms with van der Waals surface area (Å²) in [4.78, 5) is 30.6. The fourth-order valence-corrected chi connectivity index (χ4v) is 7.30. The van der Waals surface area contributed by atoms with Gasteiger partial charge in [0, 0.05) is 6.54 Å². The van der Waals surface area contributed by atoms with E-state index in [1.54, 1.807) is 23.6 Å². The number of benzene rings is 2. The molecule has 2 heterocycles. The number of aromatic nitrogens is 1. The molecule has 0 bridgehead atoms. The molecule has 1 amide bonds. The minimum absolute atomic E-state index is 0.0905. The van der Waals surface area contributed by atoms with Gasteiger partial charge < -0.3 is 14.0 Å². The molecule has 9 nitrogen and oxygen atoms in total. The molecule has 1 aliphatic rings. The number of rotatable bonds is 10. The van der Waals surface area contributed by atoms with Crippen LogP contribution in [0.1, 0.15) is 45.1 Å². The zero-order valence-corrected chi connectivity index (χ0v) is 23.5. The number of thiazole rings is 1. The van der Waals surface area contributed by atoms with Gasteiger partial charge in [0.15, 0.2) is 4.80 Å². The van der Waals surface area contributed by atoms with E-state index in [2.05, 4.69) is 18.0 Å². The second-order valence-corrected chi connectivity index (χ2v) is 12.0. The van der Waals surface area contributed by atoms with Crippen LogP contribution in [0, 0.1) is 0 Å². The number of nitrogens with zero attached hydrogens (tertiary/aromatic N) is 3. The molecule has 1 atom stereocenters. The number of fused-ring (bicyclic) bond motifs is 1. The predicted molar refractivity (Wildman–Crippen MR) is 146 cm³/mol. The third-order valence-electron chi connectivity index (χ3n) is 6.52. The first-order valence-corrected chi connectivity index (χ1v) is 15.1. The lowest BCUT2D eigenvalue weighted by atomic mass is 10.1. The number of aryl methyl sites for hydroxylation is 1. The van der Waals surface area contributed by atoms with Crippen molar-refractivity contribution in [3.05, 3.63) is 52.8 Å². The van der Waals surface area contributed by atoms with Gasteiger partial charge in [0.2, 0.25) is 10.0 Å². The highest BCUT2D eigenvalue weighted by atomic mass is 32.2. The van der Waals surface area contributed by atoms with Crippen molar-refractivity contribution < 1.29 is 27.5 Å². The summed E-state index contributed by atoms with van der Waals surface area (Å²) in [6.07, 6.45) is 4.01. The molecule has 1 aromatic heterocycles. The minimum Gasteiger partial charge on any atom is -0.497 e. The van der Waals surface area contributed by atoms with Crippen LogP contribution in [-0.2, 0) is 37.3 Å². The zero-order valence-electron chi connectivity index (χ0n) is 21.9. The molecular weight excluding hydrogens is 526 g/mol. The summed E-state index contributed by atoms with van der Waals surface area (Å²) in [5, 5.41) is 0. The van der Waals surface area contributed by atoms with Crippen molar-refractivity contribution in [3.63, 3.8) is 0 Å². The molecule has 1 saturated heterocycles. The van der Waals surface area contributed by atoms with E-state index >= 15 is 0 Å². The van der Waals surface area contributed by atoms with Gasteiger partial charge in [-0.25, -0.2) is 8.42 Å². The van der Waals surface area contributed by atoms with Crippen molar-refractivity contribution in [3.8, 4) is 5.75 Å². The number of unbranched alkanes of at least 4 members (excludes halogenated alkanes) is 1. The standard InChI is InChI=1S/C27H33N3O6S2/c1-4-6-8-19-10-15-22-24(17-19)37-27(29(22)18-25(31)36-5-2)28-26(32)23-9-7-16-30(23)38(33,34)21-13-11-20(35-3)12-14-21/h10-15,17,23H,4-9,16,18H2,1-3H3. The Balaban J connectivity index is 1.70. The van der Waals surface area contributed by atoms with Crippen LogP contribution in [0.25, 0.3) is 10.2 Å². The Labute approximate surface area is 226 Å². The van der Waals surface area contributed by atoms with E-state index in [0.717, 1.165) is 29.5 Å². The van der Waals surface area contributed by atoms with E-state index in [9.17, 15) is 18.0 Å². The lowest BCUT2D eigenvalue weighted by Crippen LogP contribution is -2.40. The molecule has 1 fully saturated rings. The largest absolute Gasteiger partial charge is 0.497 e. The molecule has 38 heavy (non-hydrogen) atoms. The van der Waals surface area contributed by atoms with Crippen LogP contribution in [0.4, 0.5) is 0 Å². The maximum Gasteiger partial charge on any atom is 0.326 e. The molecule has 2 aromatic carbocycles. The summed E-state index contributed by atoms with van der Waals surface area (Å²) in [6.45, 7) is 4.26. The van der Waals surface area contributed by atoms with Gasteiger partial charge in [0.1, 0.15) is 18.3 Å². The summed E-state index contributed by atoms with van der Waals surface area (Å²) in [5.74, 6) is -0.433. The Hall–Kier alpha value is -3.02. The molecule has 1 aliphatic heterocycles. The molecule has 11 heteroatoms. The number of hydrogen-bond acceptors (Lipinski definition) is 7. The third-order valence-corrected chi connectivity index (χ3v) is 9.48. The van der Waals surface area contributed by atoms with E-state index in [0.29, 0.717) is 23.4 Å². The number of amides is 1. The molecule has 1 unspecified atom stereocenters. The second kappa shape index (κ2) is 12.2. The molecule has 0 saturated carbocycles. The van der Waals surface area contributed by atoms with Crippen LogP contribution < -0.4 is 9.54 Å². The van der Waals surface area contributed by atoms with E-state index in [1.165, 1.54) is 40.4 Å². The highest BCUT2D eigenvalue weighted by molar-refractivity contribution is 7.89. The van der Waals surface area contributed by atoms with Crippen molar-refractivity contribution in [2.24, 2.45) is 4.99 Å². The summed E-state index contributed by atoms with van der Waals surface area (Å²) in [7, 11) is -2.40. The quantitative estimate of drug-likeness (QED) is 0.349. The Morgan fingerprint density at radius 2 is 1.89 bits per heavy atom. The van der Waals surface area contributed by atoms with Crippen LogP contribution in [0.5, 0.6) is 5.75 Å². The summed E-state index contributed by atoms with van der Waals surface area (Å²) < 4.78 is 40.8. The van der Waals surface area contributed by atoms with E-state index in [4.69, 9.17) is 9.47 Å². The molecule has 0 aliphatic carbocycles. The Kier molecular flexibility index (Phi) is 9.01. The van der Waals surface area contributed by atoms with Crippen LogP contribution in [0.3, 0.4) is 0 Å². The van der Waals surface area contributed by atoms with Gasteiger partial charge in [-0.05, 0) is 74.6 Å². The van der Waals surface area contributed by atoms with Crippen LogP contribution in [0.15, 0.2) is 52.4 Å².